The van der Waals surface area contributed by atoms with Crippen molar-refractivity contribution in [1.29, 1.82) is 0 Å². The molecular weight excluding hydrogens is 392 g/mol. The molecule has 156 valence electrons. The first kappa shape index (κ1) is 19.2. The van der Waals surface area contributed by atoms with E-state index in [4.69, 9.17) is 0 Å². The van der Waals surface area contributed by atoms with Gasteiger partial charge in [0.05, 0.1) is 28.6 Å². The van der Waals surface area contributed by atoms with Gasteiger partial charge in [-0.15, -0.1) is 0 Å². The lowest BCUT2D eigenvalue weighted by molar-refractivity contribution is -0.140. The van der Waals surface area contributed by atoms with Crippen LogP contribution >= 0.6 is 0 Å². The molecule has 3 aromatic rings. The lowest BCUT2D eigenvalue weighted by atomic mass is 9.85. The molecule has 0 radical (unpaired) electrons. The van der Waals surface area contributed by atoms with E-state index < -0.39 is 0 Å². The summed E-state index contributed by atoms with van der Waals surface area (Å²) in [6, 6.07) is 15.2. The van der Waals surface area contributed by atoms with E-state index in [1.165, 1.54) is 4.90 Å². The fraction of sp³-hybridized carbons (Fsp3) is 0.250. The lowest BCUT2D eigenvalue weighted by Crippen LogP contribution is -2.34. The van der Waals surface area contributed by atoms with Crippen molar-refractivity contribution >= 4 is 34.4 Å². The maximum Gasteiger partial charge on any atom is 0.233 e. The Hall–Kier alpha value is -3.74. The number of para-hydroxylation sites is 3. The van der Waals surface area contributed by atoms with Crippen molar-refractivity contribution in [2.75, 3.05) is 11.9 Å². The SMILES string of the molecule is O=C(CCN1C(=O)[C@H]2CC=CC[C@@H]2C1=O)Nc1ccccc1-c1nc2ccccc2[nH]1. The minimum absolute atomic E-state index is 0.0544. The number of hydrogen-bond acceptors (Lipinski definition) is 4. The smallest absolute Gasteiger partial charge is 0.233 e. The van der Waals surface area contributed by atoms with E-state index in [9.17, 15) is 14.4 Å². The molecule has 0 bridgehead atoms. The quantitative estimate of drug-likeness (QED) is 0.493. The number of likely N-dealkylation sites (tertiary alicyclic amines) is 1. The topological polar surface area (TPSA) is 95.2 Å². The Morgan fingerprint density at radius 3 is 2.42 bits per heavy atom. The fourth-order valence-electron chi connectivity index (χ4n) is 4.39. The highest BCUT2D eigenvalue weighted by Crippen LogP contribution is 2.35. The van der Waals surface area contributed by atoms with Crippen molar-refractivity contribution < 1.29 is 14.4 Å². The molecule has 31 heavy (non-hydrogen) atoms. The molecule has 0 saturated carbocycles. The van der Waals surface area contributed by atoms with Gasteiger partial charge in [-0.1, -0.05) is 36.4 Å². The van der Waals surface area contributed by atoms with Crippen LogP contribution in [0.2, 0.25) is 0 Å². The monoisotopic (exact) mass is 414 g/mol. The number of amides is 3. The normalized spacial score (nSPS) is 20.3. The Balaban J connectivity index is 1.28. The summed E-state index contributed by atoms with van der Waals surface area (Å²) in [5.41, 5.74) is 3.17. The van der Waals surface area contributed by atoms with Crippen LogP contribution in [0.4, 0.5) is 5.69 Å². The first-order chi connectivity index (χ1) is 15.1. The van der Waals surface area contributed by atoms with Crippen LogP contribution in [0.5, 0.6) is 0 Å². The van der Waals surface area contributed by atoms with Gasteiger partial charge in [0.25, 0.3) is 0 Å². The zero-order valence-corrected chi connectivity index (χ0v) is 16.9. The molecule has 2 N–H and O–H groups in total. The Kier molecular flexibility index (Phi) is 4.86. The maximum atomic E-state index is 12.6. The summed E-state index contributed by atoms with van der Waals surface area (Å²) in [6.45, 7) is 0.101. The second-order valence-corrected chi connectivity index (χ2v) is 7.93. The van der Waals surface area contributed by atoms with Gasteiger partial charge < -0.3 is 10.3 Å². The average Bonchev–Trinajstić information content (AvgIpc) is 3.32. The summed E-state index contributed by atoms with van der Waals surface area (Å²) in [5, 5.41) is 2.91. The summed E-state index contributed by atoms with van der Waals surface area (Å²) in [6.07, 6.45) is 5.17. The van der Waals surface area contributed by atoms with E-state index in [2.05, 4.69) is 15.3 Å². The highest BCUT2D eigenvalue weighted by atomic mass is 16.2. The Labute approximate surface area is 179 Å². The van der Waals surface area contributed by atoms with Crippen molar-refractivity contribution in [2.24, 2.45) is 11.8 Å². The molecule has 2 aromatic carbocycles. The Morgan fingerprint density at radius 1 is 1.00 bits per heavy atom. The molecule has 1 aromatic heterocycles. The summed E-state index contributed by atoms with van der Waals surface area (Å²) >= 11 is 0. The number of aromatic amines is 1. The third kappa shape index (κ3) is 3.52. The number of imide groups is 1. The number of anilines is 1. The highest BCUT2D eigenvalue weighted by Gasteiger charge is 2.46. The summed E-state index contributed by atoms with van der Waals surface area (Å²) < 4.78 is 0. The molecule has 0 spiro atoms. The molecule has 1 aliphatic heterocycles. The van der Waals surface area contributed by atoms with Gasteiger partial charge in [0.1, 0.15) is 5.82 Å². The van der Waals surface area contributed by atoms with E-state index >= 15 is 0 Å². The first-order valence-electron chi connectivity index (χ1n) is 10.5. The third-order valence-corrected chi connectivity index (χ3v) is 6.01. The average molecular weight is 414 g/mol. The number of nitrogens with zero attached hydrogens (tertiary/aromatic N) is 2. The van der Waals surface area contributed by atoms with Gasteiger partial charge in [-0.3, -0.25) is 19.3 Å². The van der Waals surface area contributed by atoms with Crippen LogP contribution in [-0.4, -0.2) is 39.1 Å². The van der Waals surface area contributed by atoms with Gasteiger partial charge >= 0.3 is 0 Å². The van der Waals surface area contributed by atoms with E-state index in [0.717, 1.165) is 16.6 Å². The van der Waals surface area contributed by atoms with E-state index in [0.29, 0.717) is 24.4 Å². The molecule has 2 aliphatic rings. The zero-order chi connectivity index (χ0) is 21.4. The predicted octanol–water partition coefficient (Wildman–Crippen LogP) is 3.51. The van der Waals surface area contributed by atoms with Crippen LogP contribution in [0.3, 0.4) is 0 Å². The van der Waals surface area contributed by atoms with E-state index in [-0.39, 0.29) is 42.5 Å². The van der Waals surface area contributed by atoms with Gasteiger partial charge in [-0.25, -0.2) is 4.98 Å². The summed E-state index contributed by atoms with van der Waals surface area (Å²) in [4.78, 5) is 46.9. The number of aromatic nitrogens is 2. The minimum Gasteiger partial charge on any atom is -0.338 e. The number of fused-ring (bicyclic) bond motifs is 2. The number of carbonyl (C=O) groups is 3. The zero-order valence-electron chi connectivity index (χ0n) is 16.9. The minimum atomic E-state index is -0.269. The molecule has 3 amide bonds. The molecule has 1 aliphatic carbocycles. The van der Waals surface area contributed by atoms with Crippen molar-refractivity contribution in [3.05, 3.63) is 60.7 Å². The number of nitrogens with one attached hydrogen (secondary N) is 2. The Bertz CT molecular complexity index is 1150. The van der Waals surface area contributed by atoms with Crippen LogP contribution in [0.25, 0.3) is 22.4 Å². The second kappa shape index (κ2) is 7.83. The van der Waals surface area contributed by atoms with Gasteiger partial charge in [-0.2, -0.15) is 0 Å². The number of hydrogen-bond donors (Lipinski definition) is 2. The molecule has 2 heterocycles. The van der Waals surface area contributed by atoms with Crippen LogP contribution in [0, 0.1) is 11.8 Å². The lowest BCUT2D eigenvalue weighted by Gasteiger charge is -2.15. The molecule has 2 atom stereocenters. The first-order valence-corrected chi connectivity index (χ1v) is 10.5. The molecule has 7 nitrogen and oxygen atoms in total. The van der Waals surface area contributed by atoms with Gasteiger partial charge in [-0.05, 0) is 37.1 Å². The fourth-order valence-corrected chi connectivity index (χ4v) is 4.39. The second-order valence-electron chi connectivity index (χ2n) is 7.93. The van der Waals surface area contributed by atoms with Crippen molar-refractivity contribution in [2.45, 2.75) is 19.3 Å². The molecule has 1 saturated heterocycles. The molecule has 1 fully saturated rings. The van der Waals surface area contributed by atoms with Crippen LogP contribution < -0.4 is 5.32 Å². The third-order valence-electron chi connectivity index (χ3n) is 6.01. The maximum absolute atomic E-state index is 12.6. The standard InChI is InChI=1S/C24H22N4O3/c29-21(13-14-28-23(30)15-7-1-2-8-16(15)24(28)31)25-18-10-4-3-9-17(18)22-26-19-11-5-6-12-20(19)27-22/h1-6,9-12,15-16H,7-8,13-14H2,(H,25,29)(H,26,27)/t15-,16-/m0/s1. The largest absolute Gasteiger partial charge is 0.338 e. The molecule has 7 heteroatoms. The number of H-pyrrole nitrogens is 1. The molecular formula is C24H22N4O3. The Morgan fingerprint density at radius 2 is 1.68 bits per heavy atom. The molecule has 0 unspecified atom stereocenters. The number of carbonyl (C=O) groups excluding carboxylic acids is 3. The van der Waals surface area contributed by atoms with E-state index in [1.54, 1.807) is 0 Å². The van der Waals surface area contributed by atoms with E-state index in [1.807, 2.05) is 60.7 Å². The summed E-state index contributed by atoms with van der Waals surface area (Å²) in [5.74, 6) is -0.441. The molecule has 5 rings (SSSR count). The van der Waals surface area contributed by atoms with Crippen molar-refractivity contribution in [1.82, 2.24) is 14.9 Å². The van der Waals surface area contributed by atoms with Crippen molar-refractivity contribution in [3.63, 3.8) is 0 Å². The van der Waals surface area contributed by atoms with Crippen LogP contribution in [0.15, 0.2) is 60.7 Å². The number of allylic oxidation sites excluding steroid dienone is 2. The van der Waals surface area contributed by atoms with Crippen LogP contribution in [-0.2, 0) is 14.4 Å². The number of imidazole rings is 1. The van der Waals surface area contributed by atoms with Gasteiger partial charge in [0.2, 0.25) is 17.7 Å². The van der Waals surface area contributed by atoms with Gasteiger partial charge in [0.15, 0.2) is 0 Å². The van der Waals surface area contributed by atoms with Crippen molar-refractivity contribution in [3.8, 4) is 11.4 Å². The highest BCUT2D eigenvalue weighted by molar-refractivity contribution is 6.06. The van der Waals surface area contributed by atoms with Crippen LogP contribution in [0.1, 0.15) is 19.3 Å². The predicted molar refractivity (Wildman–Crippen MR) is 117 cm³/mol. The van der Waals surface area contributed by atoms with Gasteiger partial charge in [0, 0.05) is 18.5 Å². The number of benzene rings is 2. The summed E-state index contributed by atoms with van der Waals surface area (Å²) in [7, 11) is 0. The number of rotatable bonds is 5.